The maximum absolute atomic E-state index is 12.6. The molecule has 0 saturated heterocycles. The van der Waals surface area contributed by atoms with Crippen molar-refractivity contribution >= 4 is 33.2 Å². The SMILES string of the molecule is COc1ccc(NS(=O)(=O)c2ccc(C(=O)NC(C)c3ccccc3Cl)cc2)cc1. The molecule has 0 radical (unpaired) electrons. The lowest BCUT2D eigenvalue weighted by atomic mass is 10.1. The van der Waals surface area contributed by atoms with E-state index < -0.39 is 10.0 Å². The van der Waals surface area contributed by atoms with E-state index >= 15 is 0 Å². The highest BCUT2D eigenvalue weighted by atomic mass is 35.5. The highest BCUT2D eigenvalue weighted by Gasteiger charge is 2.17. The molecule has 156 valence electrons. The maximum Gasteiger partial charge on any atom is 0.261 e. The van der Waals surface area contributed by atoms with Gasteiger partial charge in [-0.1, -0.05) is 29.8 Å². The Morgan fingerprint density at radius 3 is 2.20 bits per heavy atom. The summed E-state index contributed by atoms with van der Waals surface area (Å²) in [6, 6.07) is 19.2. The number of amides is 1. The fraction of sp³-hybridized carbons (Fsp3) is 0.136. The first kappa shape index (κ1) is 21.7. The molecule has 3 aromatic carbocycles. The van der Waals surface area contributed by atoms with Crippen molar-refractivity contribution in [3.63, 3.8) is 0 Å². The van der Waals surface area contributed by atoms with Gasteiger partial charge in [-0.3, -0.25) is 9.52 Å². The molecule has 8 heteroatoms. The number of ether oxygens (including phenoxy) is 1. The lowest BCUT2D eigenvalue weighted by molar-refractivity contribution is 0.0940. The summed E-state index contributed by atoms with van der Waals surface area (Å²) >= 11 is 6.17. The standard InChI is InChI=1S/C22H21ClN2O4S/c1-15(20-5-3-4-6-21(20)23)24-22(26)16-7-13-19(14-8-16)30(27,28)25-17-9-11-18(29-2)12-10-17/h3-15,25H,1-2H3,(H,24,26). The zero-order valence-corrected chi connectivity index (χ0v) is 18.0. The lowest BCUT2D eigenvalue weighted by Crippen LogP contribution is -2.26. The van der Waals surface area contributed by atoms with E-state index in [1.807, 2.05) is 25.1 Å². The van der Waals surface area contributed by atoms with Gasteiger partial charge in [0, 0.05) is 16.3 Å². The van der Waals surface area contributed by atoms with Crippen molar-refractivity contribution in [2.45, 2.75) is 17.9 Å². The molecule has 6 nitrogen and oxygen atoms in total. The lowest BCUT2D eigenvalue weighted by Gasteiger charge is -2.16. The minimum atomic E-state index is -3.79. The second-order valence-electron chi connectivity index (χ2n) is 6.58. The Balaban J connectivity index is 1.70. The Bertz CT molecular complexity index is 1130. The van der Waals surface area contributed by atoms with Crippen LogP contribution in [0.1, 0.15) is 28.9 Å². The van der Waals surface area contributed by atoms with Gasteiger partial charge in [0.2, 0.25) is 0 Å². The normalized spacial score (nSPS) is 12.1. The van der Waals surface area contributed by atoms with Crippen LogP contribution in [-0.2, 0) is 10.0 Å². The van der Waals surface area contributed by atoms with Gasteiger partial charge in [-0.15, -0.1) is 0 Å². The van der Waals surface area contributed by atoms with Crippen molar-refractivity contribution in [3.8, 4) is 5.75 Å². The van der Waals surface area contributed by atoms with Crippen LogP contribution in [0.2, 0.25) is 5.02 Å². The molecule has 30 heavy (non-hydrogen) atoms. The summed E-state index contributed by atoms with van der Waals surface area (Å²) in [5, 5.41) is 3.43. The van der Waals surface area contributed by atoms with Crippen LogP contribution in [0, 0.1) is 0 Å². The average Bonchev–Trinajstić information content (AvgIpc) is 2.74. The molecule has 0 fully saturated rings. The van der Waals surface area contributed by atoms with Crippen molar-refractivity contribution in [2.24, 2.45) is 0 Å². The first-order chi connectivity index (χ1) is 14.3. The van der Waals surface area contributed by atoms with Crippen LogP contribution in [-0.4, -0.2) is 21.4 Å². The number of hydrogen-bond donors (Lipinski definition) is 2. The van der Waals surface area contributed by atoms with Gasteiger partial charge in [-0.05, 0) is 67.1 Å². The van der Waals surface area contributed by atoms with Crippen molar-refractivity contribution in [2.75, 3.05) is 11.8 Å². The van der Waals surface area contributed by atoms with E-state index in [0.717, 1.165) is 5.56 Å². The third-order valence-corrected chi connectivity index (χ3v) is 6.23. The smallest absolute Gasteiger partial charge is 0.261 e. The van der Waals surface area contributed by atoms with Crippen LogP contribution < -0.4 is 14.8 Å². The molecular weight excluding hydrogens is 424 g/mol. The van der Waals surface area contributed by atoms with Crippen LogP contribution in [0.15, 0.2) is 77.7 Å². The number of nitrogens with one attached hydrogen (secondary N) is 2. The second kappa shape index (κ2) is 9.19. The summed E-state index contributed by atoms with van der Waals surface area (Å²) in [6.45, 7) is 1.83. The molecule has 0 spiro atoms. The predicted octanol–water partition coefficient (Wildman–Crippen LogP) is 4.64. The Labute approximate surface area is 180 Å². The number of hydrogen-bond acceptors (Lipinski definition) is 4. The van der Waals surface area contributed by atoms with Gasteiger partial charge >= 0.3 is 0 Å². The van der Waals surface area contributed by atoms with E-state index in [2.05, 4.69) is 10.0 Å². The Hall–Kier alpha value is -3.03. The first-order valence-electron chi connectivity index (χ1n) is 9.12. The van der Waals surface area contributed by atoms with Gasteiger partial charge in [-0.25, -0.2) is 8.42 Å². The Kier molecular flexibility index (Phi) is 6.64. The summed E-state index contributed by atoms with van der Waals surface area (Å²) in [5.74, 6) is 0.300. The molecule has 1 unspecified atom stereocenters. The van der Waals surface area contributed by atoms with Crippen LogP contribution in [0.4, 0.5) is 5.69 Å². The molecule has 0 aliphatic carbocycles. The summed E-state index contributed by atoms with van der Waals surface area (Å²) in [4.78, 5) is 12.6. The second-order valence-corrected chi connectivity index (χ2v) is 8.66. The first-order valence-corrected chi connectivity index (χ1v) is 11.0. The van der Waals surface area contributed by atoms with Gasteiger partial charge < -0.3 is 10.1 Å². The summed E-state index contributed by atoms with van der Waals surface area (Å²) in [6.07, 6.45) is 0. The van der Waals surface area contributed by atoms with Crippen molar-refractivity contribution in [1.82, 2.24) is 5.32 Å². The molecule has 0 aliphatic rings. The molecule has 0 bridgehead atoms. The van der Waals surface area contributed by atoms with Gasteiger partial charge in [0.25, 0.3) is 15.9 Å². The Morgan fingerprint density at radius 1 is 0.967 bits per heavy atom. The topological polar surface area (TPSA) is 84.5 Å². The van der Waals surface area contributed by atoms with Gasteiger partial charge in [0.15, 0.2) is 0 Å². The maximum atomic E-state index is 12.6. The van der Waals surface area contributed by atoms with E-state index in [0.29, 0.717) is 22.0 Å². The molecular formula is C22H21ClN2O4S. The van der Waals surface area contributed by atoms with Crippen LogP contribution >= 0.6 is 11.6 Å². The van der Waals surface area contributed by atoms with Gasteiger partial charge in [-0.2, -0.15) is 0 Å². The molecule has 1 atom stereocenters. The number of sulfonamides is 1. The van der Waals surface area contributed by atoms with Crippen molar-refractivity contribution in [3.05, 3.63) is 88.9 Å². The molecule has 1 amide bonds. The van der Waals surface area contributed by atoms with Crippen LogP contribution in [0.5, 0.6) is 5.75 Å². The number of anilines is 1. The number of methoxy groups -OCH3 is 1. The summed E-state index contributed by atoms with van der Waals surface area (Å²) in [5.41, 5.74) is 1.55. The zero-order valence-electron chi connectivity index (χ0n) is 16.4. The molecule has 3 aromatic rings. The zero-order chi connectivity index (χ0) is 21.7. The van der Waals surface area contributed by atoms with Crippen molar-refractivity contribution < 1.29 is 17.9 Å². The number of halogens is 1. The highest BCUT2D eigenvalue weighted by molar-refractivity contribution is 7.92. The van der Waals surface area contributed by atoms with E-state index in [1.54, 1.807) is 30.3 Å². The molecule has 3 rings (SSSR count). The fourth-order valence-electron chi connectivity index (χ4n) is 2.84. The Morgan fingerprint density at radius 2 is 1.60 bits per heavy atom. The van der Waals surface area contributed by atoms with Crippen molar-refractivity contribution in [1.29, 1.82) is 0 Å². The molecule has 0 saturated carbocycles. The largest absolute Gasteiger partial charge is 0.497 e. The molecule has 0 aromatic heterocycles. The van der Waals surface area contributed by atoms with E-state index in [4.69, 9.17) is 16.3 Å². The van der Waals surface area contributed by atoms with Gasteiger partial charge in [0.05, 0.1) is 18.0 Å². The average molecular weight is 445 g/mol. The third-order valence-electron chi connectivity index (χ3n) is 4.49. The summed E-state index contributed by atoms with van der Waals surface area (Å²) in [7, 11) is -2.25. The number of carbonyl (C=O) groups excluding carboxylic acids is 1. The molecule has 0 aliphatic heterocycles. The predicted molar refractivity (Wildman–Crippen MR) is 118 cm³/mol. The van der Waals surface area contributed by atoms with Crippen LogP contribution in [0.25, 0.3) is 0 Å². The van der Waals surface area contributed by atoms with E-state index in [-0.39, 0.29) is 16.8 Å². The van der Waals surface area contributed by atoms with E-state index in [1.165, 1.54) is 31.4 Å². The third kappa shape index (κ3) is 5.11. The minimum absolute atomic E-state index is 0.0500. The monoisotopic (exact) mass is 444 g/mol. The number of benzene rings is 3. The number of rotatable bonds is 7. The quantitative estimate of drug-likeness (QED) is 0.556. The number of carbonyl (C=O) groups is 1. The highest BCUT2D eigenvalue weighted by Crippen LogP contribution is 2.23. The fourth-order valence-corrected chi connectivity index (χ4v) is 4.20. The van der Waals surface area contributed by atoms with Gasteiger partial charge in [0.1, 0.15) is 5.75 Å². The van der Waals surface area contributed by atoms with Crippen LogP contribution in [0.3, 0.4) is 0 Å². The van der Waals surface area contributed by atoms with E-state index in [9.17, 15) is 13.2 Å². The molecule has 2 N–H and O–H groups in total. The summed E-state index contributed by atoms with van der Waals surface area (Å²) < 4.78 is 32.7. The minimum Gasteiger partial charge on any atom is -0.497 e. The molecule has 0 heterocycles.